The number of nitrogens with zero attached hydrogens (tertiary/aromatic N) is 1. The monoisotopic (exact) mass is 430 g/mol. The normalized spacial score (nSPS) is 19.8. The number of nitrogens with two attached hydrogens (primary N) is 1. The lowest BCUT2D eigenvalue weighted by Crippen LogP contribution is -2.38. The average Bonchev–Trinajstić information content (AvgIpc) is 3.36. The van der Waals surface area contributed by atoms with Crippen molar-refractivity contribution in [3.8, 4) is 5.75 Å². The molecule has 0 spiro atoms. The molecule has 1 aromatic carbocycles. The van der Waals surface area contributed by atoms with Gasteiger partial charge >= 0.3 is 0 Å². The molecule has 126 valence electrons. The standard InChI is InChI=1S/C16H22N4O2.HI/c17-16(19-10-15(21)18-9-11-5-6-11)20-13-7-8-22-14-4-2-1-3-12(13)14;/h1-4,11,13H,5-10H2,(H,18,21)(H3,17,19,20);1H. The zero-order valence-corrected chi connectivity index (χ0v) is 15.3. The van der Waals surface area contributed by atoms with Crippen molar-refractivity contribution in [1.29, 1.82) is 0 Å². The third-order valence-corrected chi connectivity index (χ3v) is 3.96. The molecule has 0 aromatic heterocycles. The minimum absolute atomic E-state index is 0. The molecule has 4 N–H and O–H groups in total. The number of halogens is 1. The van der Waals surface area contributed by atoms with Crippen LogP contribution < -0.4 is 21.1 Å². The number of fused-ring (bicyclic) bond motifs is 1. The van der Waals surface area contributed by atoms with Gasteiger partial charge in [-0.1, -0.05) is 18.2 Å². The quantitative estimate of drug-likeness (QED) is 0.376. The average molecular weight is 430 g/mol. The molecule has 1 saturated carbocycles. The minimum atomic E-state index is -0.0796. The third-order valence-electron chi connectivity index (χ3n) is 3.96. The van der Waals surface area contributed by atoms with Crippen LogP contribution in [0.25, 0.3) is 0 Å². The van der Waals surface area contributed by atoms with E-state index in [0.29, 0.717) is 18.5 Å². The van der Waals surface area contributed by atoms with Crippen molar-refractivity contribution in [2.24, 2.45) is 16.6 Å². The van der Waals surface area contributed by atoms with E-state index in [-0.39, 0.29) is 42.5 Å². The van der Waals surface area contributed by atoms with Crippen LogP contribution in [0.3, 0.4) is 0 Å². The van der Waals surface area contributed by atoms with Crippen molar-refractivity contribution in [2.45, 2.75) is 25.3 Å². The Morgan fingerprint density at radius 2 is 2.09 bits per heavy atom. The van der Waals surface area contributed by atoms with Crippen molar-refractivity contribution < 1.29 is 9.53 Å². The minimum Gasteiger partial charge on any atom is -0.493 e. The van der Waals surface area contributed by atoms with Gasteiger partial charge in [-0.15, -0.1) is 24.0 Å². The van der Waals surface area contributed by atoms with Crippen molar-refractivity contribution in [1.82, 2.24) is 10.6 Å². The first-order valence-electron chi connectivity index (χ1n) is 7.77. The lowest BCUT2D eigenvalue weighted by Gasteiger charge is -2.26. The molecule has 7 heteroatoms. The first kappa shape index (κ1) is 17.8. The number of ether oxygens (including phenoxy) is 1. The molecular weight excluding hydrogens is 407 g/mol. The molecule has 1 heterocycles. The maximum atomic E-state index is 11.6. The summed E-state index contributed by atoms with van der Waals surface area (Å²) in [6.07, 6.45) is 3.26. The van der Waals surface area contributed by atoms with Crippen molar-refractivity contribution in [3.05, 3.63) is 29.8 Å². The van der Waals surface area contributed by atoms with Gasteiger partial charge in [-0.25, -0.2) is 4.99 Å². The van der Waals surface area contributed by atoms with Crippen LogP contribution in [0.1, 0.15) is 30.9 Å². The van der Waals surface area contributed by atoms with Gasteiger partial charge in [0.05, 0.1) is 12.6 Å². The summed E-state index contributed by atoms with van der Waals surface area (Å²) in [5, 5.41) is 6.05. The van der Waals surface area contributed by atoms with Gasteiger partial charge in [0.2, 0.25) is 5.91 Å². The summed E-state index contributed by atoms with van der Waals surface area (Å²) in [4.78, 5) is 15.8. The van der Waals surface area contributed by atoms with E-state index in [1.54, 1.807) is 0 Å². The van der Waals surface area contributed by atoms with E-state index >= 15 is 0 Å². The number of benzene rings is 1. The van der Waals surface area contributed by atoms with Crippen molar-refractivity contribution in [3.63, 3.8) is 0 Å². The Kier molecular flexibility index (Phi) is 6.49. The predicted octanol–water partition coefficient (Wildman–Crippen LogP) is 1.56. The number of hydrogen-bond donors (Lipinski definition) is 3. The highest BCUT2D eigenvalue weighted by molar-refractivity contribution is 14.0. The van der Waals surface area contributed by atoms with E-state index in [1.807, 2.05) is 24.3 Å². The highest BCUT2D eigenvalue weighted by atomic mass is 127. The third kappa shape index (κ3) is 5.26. The molecule has 0 saturated heterocycles. The molecule has 1 unspecified atom stereocenters. The number of guanidine groups is 1. The molecule has 0 radical (unpaired) electrons. The van der Waals surface area contributed by atoms with Crippen LogP contribution in [0.2, 0.25) is 0 Å². The van der Waals surface area contributed by atoms with Gasteiger partial charge in [0.1, 0.15) is 12.3 Å². The second-order valence-corrected chi connectivity index (χ2v) is 5.82. The van der Waals surface area contributed by atoms with Crippen LogP contribution in [0.4, 0.5) is 0 Å². The number of carbonyl (C=O) groups is 1. The maximum absolute atomic E-state index is 11.6. The predicted molar refractivity (Wildman–Crippen MR) is 100 cm³/mol. The molecule has 1 fully saturated rings. The van der Waals surface area contributed by atoms with Gasteiger partial charge in [0.15, 0.2) is 5.96 Å². The first-order chi connectivity index (χ1) is 10.7. The summed E-state index contributed by atoms with van der Waals surface area (Å²) in [7, 11) is 0. The zero-order valence-electron chi connectivity index (χ0n) is 13.0. The largest absolute Gasteiger partial charge is 0.493 e. The van der Waals surface area contributed by atoms with Gasteiger partial charge < -0.3 is 21.1 Å². The van der Waals surface area contributed by atoms with Crippen molar-refractivity contribution in [2.75, 3.05) is 19.7 Å². The van der Waals surface area contributed by atoms with E-state index in [4.69, 9.17) is 10.5 Å². The van der Waals surface area contributed by atoms with E-state index in [1.165, 1.54) is 12.8 Å². The van der Waals surface area contributed by atoms with Gasteiger partial charge in [-0.3, -0.25) is 4.79 Å². The number of amides is 1. The summed E-state index contributed by atoms with van der Waals surface area (Å²) in [5.41, 5.74) is 6.97. The smallest absolute Gasteiger partial charge is 0.241 e. The molecule has 0 bridgehead atoms. The zero-order chi connectivity index (χ0) is 15.4. The van der Waals surface area contributed by atoms with Crippen LogP contribution in [0.15, 0.2) is 29.3 Å². The van der Waals surface area contributed by atoms with E-state index < -0.39 is 0 Å². The number of rotatable bonds is 5. The Balaban J connectivity index is 0.00000192. The van der Waals surface area contributed by atoms with Gasteiger partial charge in [-0.2, -0.15) is 0 Å². The summed E-state index contributed by atoms with van der Waals surface area (Å²) in [5.74, 6) is 1.76. The molecule has 2 aliphatic rings. The van der Waals surface area contributed by atoms with Crippen LogP contribution in [0, 0.1) is 5.92 Å². The van der Waals surface area contributed by atoms with Crippen LogP contribution >= 0.6 is 24.0 Å². The number of aliphatic imine (C=N–C) groups is 1. The summed E-state index contributed by atoms with van der Waals surface area (Å²) < 4.78 is 5.61. The van der Waals surface area contributed by atoms with E-state index in [0.717, 1.165) is 24.3 Å². The Hall–Kier alpha value is -1.51. The fraction of sp³-hybridized carbons (Fsp3) is 0.500. The second kappa shape index (κ2) is 8.37. The molecule has 1 amide bonds. The Morgan fingerprint density at radius 3 is 2.87 bits per heavy atom. The number of carbonyl (C=O) groups excluding carboxylic acids is 1. The second-order valence-electron chi connectivity index (χ2n) is 5.82. The van der Waals surface area contributed by atoms with Gasteiger partial charge in [0, 0.05) is 18.5 Å². The number of nitrogens with one attached hydrogen (secondary N) is 2. The number of hydrogen-bond acceptors (Lipinski definition) is 3. The Labute approximate surface area is 153 Å². The maximum Gasteiger partial charge on any atom is 0.241 e. The highest BCUT2D eigenvalue weighted by Gasteiger charge is 2.22. The molecule has 1 aliphatic heterocycles. The number of para-hydroxylation sites is 1. The molecule has 1 aromatic rings. The van der Waals surface area contributed by atoms with Crippen molar-refractivity contribution >= 4 is 35.8 Å². The topological polar surface area (TPSA) is 88.7 Å². The van der Waals surface area contributed by atoms with Gasteiger partial charge in [-0.05, 0) is 24.8 Å². The Morgan fingerprint density at radius 1 is 1.30 bits per heavy atom. The lowest BCUT2D eigenvalue weighted by atomic mass is 10.0. The molecule has 1 aliphatic carbocycles. The van der Waals surface area contributed by atoms with Crippen LogP contribution in [-0.4, -0.2) is 31.6 Å². The lowest BCUT2D eigenvalue weighted by molar-refractivity contribution is -0.119. The van der Waals surface area contributed by atoms with Crippen LogP contribution in [-0.2, 0) is 4.79 Å². The summed E-state index contributed by atoms with van der Waals surface area (Å²) >= 11 is 0. The molecule has 1 atom stereocenters. The molecule has 23 heavy (non-hydrogen) atoms. The Bertz CT molecular complexity index is 575. The summed E-state index contributed by atoms with van der Waals surface area (Å²) in [6, 6.07) is 7.95. The highest BCUT2D eigenvalue weighted by Crippen LogP contribution is 2.31. The van der Waals surface area contributed by atoms with E-state index in [2.05, 4.69) is 15.6 Å². The summed E-state index contributed by atoms with van der Waals surface area (Å²) in [6.45, 7) is 1.47. The van der Waals surface area contributed by atoms with E-state index in [9.17, 15) is 4.79 Å². The van der Waals surface area contributed by atoms with Crippen LogP contribution in [0.5, 0.6) is 5.75 Å². The molecule has 3 rings (SSSR count). The molecule has 6 nitrogen and oxygen atoms in total. The fourth-order valence-electron chi connectivity index (χ4n) is 2.51. The molecular formula is C16H23IN4O2. The fourth-order valence-corrected chi connectivity index (χ4v) is 2.51. The first-order valence-corrected chi connectivity index (χ1v) is 7.77. The SMILES string of the molecule is I.NC(=NCC(=O)NCC1CC1)NC1CCOc2ccccc21. The van der Waals surface area contributed by atoms with Gasteiger partial charge in [0.25, 0.3) is 0 Å².